The molecule has 100 valence electrons. The Labute approximate surface area is 114 Å². The number of hydrogen-bond donors (Lipinski definition) is 3. The van der Waals surface area contributed by atoms with Gasteiger partial charge in [0.1, 0.15) is 12.3 Å². The zero-order valence-corrected chi connectivity index (χ0v) is 10.4. The number of anilines is 1. The molecule has 0 fully saturated rings. The minimum atomic E-state index is -0.421. The Morgan fingerprint density at radius 2 is 2.10 bits per heavy atom. The van der Waals surface area contributed by atoms with E-state index in [9.17, 15) is 9.59 Å². The van der Waals surface area contributed by atoms with Gasteiger partial charge in [0, 0.05) is 17.4 Å². The summed E-state index contributed by atoms with van der Waals surface area (Å²) in [6.45, 7) is -0.198. The molecule has 0 atom stereocenters. The van der Waals surface area contributed by atoms with Crippen molar-refractivity contribution in [3.05, 3.63) is 58.3 Å². The number of H-pyrrole nitrogens is 1. The highest BCUT2D eigenvalue weighted by atomic mass is 16.2. The van der Waals surface area contributed by atoms with E-state index in [0.29, 0.717) is 5.69 Å². The van der Waals surface area contributed by atoms with Gasteiger partial charge in [-0.25, -0.2) is 4.98 Å². The van der Waals surface area contributed by atoms with Crippen LogP contribution in [0.5, 0.6) is 0 Å². The minimum Gasteiger partial charge on any atom is -0.384 e. The van der Waals surface area contributed by atoms with Gasteiger partial charge in [0.25, 0.3) is 11.5 Å². The maximum Gasteiger partial charge on any atom is 0.275 e. The van der Waals surface area contributed by atoms with Crippen molar-refractivity contribution < 1.29 is 9.90 Å². The fourth-order valence-electron chi connectivity index (χ4n) is 1.44. The van der Waals surface area contributed by atoms with E-state index < -0.39 is 5.91 Å². The van der Waals surface area contributed by atoms with Crippen molar-refractivity contribution in [2.75, 3.05) is 11.9 Å². The first-order valence-corrected chi connectivity index (χ1v) is 5.75. The molecule has 2 aromatic rings. The van der Waals surface area contributed by atoms with Gasteiger partial charge >= 0.3 is 0 Å². The lowest BCUT2D eigenvalue weighted by atomic mass is 10.2. The minimum absolute atomic E-state index is 0.119. The van der Waals surface area contributed by atoms with Gasteiger partial charge in [-0.05, 0) is 24.3 Å². The second-order valence-electron chi connectivity index (χ2n) is 3.79. The molecule has 1 aromatic heterocycles. The average Bonchev–Trinajstić information content (AvgIpc) is 2.47. The van der Waals surface area contributed by atoms with Crippen molar-refractivity contribution in [1.82, 2.24) is 9.97 Å². The van der Waals surface area contributed by atoms with E-state index in [2.05, 4.69) is 27.1 Å². The van der Waals surface area contributed by atoms with Crippen LogP contribution >= 0.6 is 0 Å². The van der Waals surface area contributed by atoms with Crippen LogP contribution in [-0.4, -0.2) is 27.6 Å². The maximum absolute atomic E-state index is 11.8. The van der Waals surface area contributed by atoms with Crippen LogP contribution in [0.2, 0.25) is 0 Å². The summed E-state index contributed by atoms with van der Waals surface area (Å²) in [7, 11) is 0. The van der Waals surface area contributed by atoms with E-state index in [1.807, 2.05) is 0 Å². The van der Waals surface area contributed by atoms with Crippen LogP contribution in [0.15, 0.2) is 41.5 Å². The van der Waals surface area contributed by atoms with Crippen LogP contribution in [0.4, 0.5) is 5.69 Å². The molecule has 0 radical (unpaired) electrons. The van der Waals surface area contributed by atoms with Crippen molar-refractivity contribution in [2.45, 2.75) is 0 Å². The summed E-state index contributed by atoms with van der Waals surface area (Å²) in [5, 5.41) is 11.2. The smallest absolute Gasteiger partial charge is 0.275 e. The highest BCUT2D eigenvalue weighted by Gasteiger charge is 2.07. The van der Waals surface area contributed by atoms with Crippen LogP contribution in [0.1, 0.15) is 16.1 Å². The molecule has 0 bridgehead atoms. The van der Waals surface area contributed by atoms with E-state index >= 15 is 0 Å². The normalized spacial score (nSPS) is 9.45. The first kappa shape index (κ1) is 13.5. The van der Waals surface area contributed by atoms with E-state index in [-0.39, 0.29) is 17.9 Å². The molecule has 0 aliphatic heterocycles. The van der Waals surface area contributed by atoms with Crippen molar-refractivity contribution >= 4 is 11.6 Å². The van der Waals surface area contributed by atoms with Gasteiger partial charge in [-0.2, -0.15) is 0 Å². The number of aliphatic hydroxyl groups is 1. The number of benzene rings is 1. The first-order chi connectivity index (χ1) is 9.69. The predicted octanol–water partition coefficient (Wildman–Crippen LogP) is 0.366. The Balaban J connectivity index is 2.08. The number of aromatic amines is 1. The average molecular weight is 269 g/mol. The molecule has 1 aromatic carbocycles. The fourth-order valence-corrected chi connectivity index (χ4v) is 1.44. The molecule has 6 heteroatoms. The molecular formula is C14H11N3O3. The molecular weight excluding hydrogens is 258 g/mol. The number of aliphatic hydroxyl groups excluding tert-OH is 1. The molecule has 2 rings (SSSR count). The number of amides is 1. The molecule has 0 spiro atoms. The maximum atomic E-state index is 11.8. The van der Waals surface area contributed by atoms with E-state index in [4.69, 9.17) is 5.11 Å². The van der Waals surface area contributed by atoms with E-state index in [1.54, 1.807) is 24.3 Å². The van der Waals surface area contributed by atoms with Gasteiger partial charge in [0.05, 0.1) is 6.20 Å². The topological polar surface area (TPSA) is 95.1 Å². The summed E-state index contributed by atoms with van der Waals surface area (Å²) in [5.41, 5.74) is 1.07. The summed E-state index contributed by atoms with van der Waals surface area (Å²) in [6, 6.07) is 6.81. The number of carbonyl (C=O) groups excluding carboxylic acids is 1. The Bertz CT molecular complexity index is 703. The summed E-state index contributed by atoms with van der Waals surface area (Å²) in [5.74, 6) is 4.86. The predicted molar refractivity (Wildman–Crippen MR) is 73.2 cm³/mol. The number of hydrogen-bond acceptors (Lipinski definition) is 4. The molecule has 3 N–H and O–H groups in total. The third kappa shape index (κ3) is 3.54. The van der Waals surface area contributed by atoms with Crippen LogP contribution in [0.25, 0.3) is 0 Å². The van der Waals surface area contributed by atoms with Gasteiger partial charge in [0.2, 0.25) is 0 Å². The second-order valence-corrected chi connectivity index (χ2v) is 3.79. The van der Waals surface area contributed by atoms with Crippen LogP contribution in [0.3, 0.4) is 0 Å². The van der Waals surface area contributed by atoms with Gasteiger partial charge in [-0.1, -0.05) is 11.8 Å². The number of aromatic nitrogens is 2. The third-order valence-corrected chi connectivity index (χ3v) is 2.36. The summed E-state index contributed by atoms with van der Waals surface area (Å²) in [6.07, 6.45) is 2.29. The lowest BCUT2D eigenvalue weighted by Gasteiger charge is -2.04. The molecule has 0 saturated carbocycles. The quantitative estimate of drug-likeness (QED) is 0.686. The monoisotopic (exact) mass is 269 g/mol. The first-order valence-electron chi connectivity index (χ1n) is 5.75. The zero-order chi connectivity index (χ0) is 14.4. The molecule has 0 saturated heterocycles. The van der Waals surface area contributed by atoms with Crippen LogP contribution in [-0.2, 0) is 0 Å². The van der Waals surface area contributed by atoms with Crippen LogP contribution < -0.4 is 10.9 Å². The second kappa shape index (κ2) is 6.31. The Kier molecular flexibility index (Phi) is 4.27. The van der Waals surface area contributed by atoms with Gasteiger partial charge in [-0.3, -0.25) is 9.59 Å². The highest BCUT2D eigenvalue weighted by molar-refractivity contribution is 6.02. The Hall–Kier alpha value is -2.91. The summed E-state index contributed by atoms with van der Waals surface area (Å²) < 4.78 is 0. The molecule has 6 nitrogen and oxygen atoms in total. The SMILES string of the molecule is O=C(Nc1ccc(C#CCO)cc1)c1c[nH]c(=O)cn1. The van der Waals surface area contributed by atoms with Gasteiger partial charge < -0.3 is 15.4 Å². The molecule has 1 amide bonds. The van der Waals surface area contributed by atoms with Crippen molar-refractivity contribution in [1.29, 1.82) is 0 Å². The van der Waals surface area contributed by atoms with Gasteiger partial charge in [0.15, 0.2) is 0 Å². The number of rotatable bonds is 2. The lowest BCUT2D eigenvalue weighted by molar-refractivity contribution is 0.102. The number of carbonyl (C=O) groups is 1. The van der Waals surface area contributed by atoms with Crippen molar-refractivity contribution in [3.8, 4) is 11.8 Å². The lowest BCUT2D eigenvalue weighted by Crippen LogP contribution is -2.16. The largest absolute Gasteiger partial charge is 0.384 e. The third-order valence-electron chi connectivity index (χ3n) is 2.36. The van der Waals surface area contributed by atoms with E-state index in [1.165, 1.54) is 6.20 Å². The Morgan fingerprint density at radius 3 is 2.70 bits per heavy atom. The standard InChI is InChI=1S/C14H11N3O3/c18-7-1-2-10-3-5-11(6-4-10)17-14(20)12-8-16-13(19)9-15-12/h3-6,8-9,18H,7H2,(H,16,19)(H,17,20). The zero-order valence-electron chi connectivity index (χ0n) is 10.4. The number of nitrogens with one attached hydrogen (secondary N) is 2. The highest BCUT2D eigenvalue weighted by Crippen LogP contribution is 2.09. The molecule has 20 heavy (non-hydrogen) atoms. The fraction of sp³-hybridized carbons (Fsp3) is 0.0714. The van der Waals surface area contributed by atoms with Gasteiger partial charge in [-0.15, -0.1) is 0 Å². The van der Waals surface area contributed by atoms with Crippen molar-refractivity contribution in [3.63, 3.8) is 0 Å². The van der Waals surface area contributed by atoms with Crippen LogP contribution in [0, 0.1) is 11.8 Å². The van der Waals surface area contributed by atoms with Crippen molar-refractivity contribution in [2.24, 2.45) is 0 Å². The summed E-state index contributed by atoms with van der Waals surface area (Å²) >= 11 is 0. The Morgan fingerprint density at radius 1 is 1.35 bits per heavy atom. The molecule has 0 aliphatic rings. The molecule has 0 unspecified atom stereocenters. The summed E-state index contributed by atoms with van der Waals surface area (Å²) in [4.78, 5) is 28.8. The number of nitrogens with zero attached hydrogens (tertiary/aromatic N) is 1. The molecule has 0 aliphatic carbocycles. The van der Waals surface area contributed by atoms with E-state index in [0.717, 1.165) is 11.8 Å². The molecule has 1 heterocycles.